The lowest BCUT2D eigenvalue weighted by Gasteiger charge is -2.10. The van der Waals surface area contributed by atoms with Crippen LogP contribution < -0.4 is 10.1 Å². The van der Waals surface area contributed by atoms with E-state index in [9.17, 15) is 0 Å². The molecular weight excluding hydrogens is 164 g/mol. The van der Waals surface area contributed by atoms with E-state index in [1.54, 1.807) is 7.11 Å². The summed E-state index contributed by atoms with van der Waals surface area (Å²) in [6, 6.07) is 2.02. The Morgan fingerprint density at radius 3 is 2.62 bits per heavy atom. The van der Waals surface area contributed by atoms with Gasteiger partial charge in [-0.25, -0.2) is 4.98 Å². The van der Waals surface area contributed by atoms with Crippen LogP contribution in [0.1, 0.15) is 25.3 Å². The number of nitrogens with zero attached hydrogens (tertiary/aromatic N) is 1. The molecule has 0 radical (unpaired) electrons. The van der Waals surface area contributed by atoms with E-state index in [2.05, 4.69) is 24.1 Å². The molecule has 72 valence electrons. The highest BCUT2D eigenvalue weighted by Gasteiger charge is 2.06. The Balaban J connectivity index is 3.05. The van der Waals surface area contributed by atoms with Crippen LogP contribution in [-0.2, 0) is 0 Å². The number of nitrogens with one attached hydrogen (secondary N) is 1. The zero-order valence-corrected chi connectivity index (χ0v) is 8.59. The molecule has 0 atom stereocenters. The normalized spacial score (nSPS) is 10.2. The van der Waals surface area contributed by atoms with Crippen molar-refractivity contribution in [2.45, 2.75) is 19.8 Å². The third-order valence-corrected chi connectivity index (χ3v) is 2.00. The summed E-state index contributed by atoms with van der Waals surface area (Å²) >= 11 is 0. The molecule has 1 aromatic heterocycles. The summed E-state index contributed by atoms with van der Waals surface area (Å²) in [6.45, 7) is 4.27. The third-order valence-electron chi connectivity index (χ3n) is 2.00. The zero-order valence-electron chi connectivity index (χ0n) is 8.59. The highest BCUT2D eigenvalue weighted by Crippen LogP contribution is 2.25. The lowest BCUT2D eigenvalue weighted by Crippen LogP contribution is -1.99. The number of methoxy groups -OCH3 is 1. The maximum Gasteiger partial charge on any atom is 0.168 e. The molecule has 0 spiro atoms. The Labute approximate surface area is 79.1 Å². The van der Waals surface area contributed by atoms with Crippen LogP contribution in [0, 0.1) is 0 Å². The van der Waals surface area contributed by atoms with Crippen molar-refractivity contribution in [2.75, 3.05) is 19.5 Å². The van der Waals surface area contributed by atoms with Gasteiger partial charge in [0.15, 0.2) is 11.6 Å². The van der Waals surface area contributed by atoms with Crippen LogP contribution in [0.2, 0.25) is 0 Å². The summed E-state index contributed by atoms with van der Waals surface area (Å²) in [5.41, 5.74) is 1.19. The number of pyridine rings is 1. The summed E-state index contributed by atoms with van der Waals surface area (Å²) in [5, 5.41) is 2.98. The topological polar surface area (TPSA) is 34.2 Å². The van der Waals surface area contributed by atoms with Crippen molar-refractivity contribution >= 4 is 5.82 Å². The minimum Gasteiger partial charge on any atom is -0.493 e. The Morgan fingerprint density at radius 1 is 1.46 bits per heavy atom. The van der Waals surface area contributed by atoms with Crippen molar-refractivity contribution in [3.8, 4) is 5.75 Å². The second-order valence-electron chi connectivity index (χ2n) is 3.22. The number of hydrogen-bond donors (Lipinski definition) is 1. The molecule has 0 saturated heterocycles. The average Bonchev–Trinajstić information content (AvgIpc) is 2.16. The molecule has 0 unspecified atom stereocenters. The van der Waals surface area contributed by atoms with Crippen molar-refractivity contribution in [1.29, 1.82) is 0 Å². The first kappa shape index (κ1) is 9.84. The standard InChI is InChI=1S/C10H16N2O/c1-7(2)8-5-9(13-4)10(11-3)12-6-8/h5-7H,1-4H3,(H,11,12). The van der Waals surface area contributed by atoms with Crippen LogP contribution in [0.4, 0.5) is 5.82 Å². The van der Waals surface area contributed by atoms with Gasteiger partial charge < -0.3 is 10.1 Å². The van der Waals surface area contributed by atoms with Gasteiger partial charge in [-0.05, 0) is 17.5 Å². The molecule has 3 heteroatoms. The SMILES string of the molecule is CNc1ncc(C(C)C)cc1OC. The van der Waals surface area contributed by atoms with Crippen LogP contribution >= 0.6 is 0 Å². The van der Waals surface area contributed by atoms with Crippen molar-refractivity contribution in [1.82, 2.24) is 4.98 Å². The van der Waals surface area contributed by atoms with Gasteiger partial charge >= 0.3 is 0 Å². The maximum absolute atomic E-state index is 5.20. The van der Waals surface area contributed by atoms with E-state index >= 15 is 0 Å². The fourth-order valence-corrected chi connectivity index (χ4v) is 1.12. The predicted molar refractivity (Wildman–Crippen MR) is 54.4 cm³/mol. The van der Waals surface area contributed by atoms with Gasteiger partial charge in [0.1, 0.15) is 0 Å². The van der Waals surface area contributed by atoms with Gasteiger partial charge in [0, 0.05) is 13.2 Å². The summed E-state index contributed by atoms with van der Waals surface area (Å²) in [5.74, 6) is 2.06. The quantitative estimate of drug-likeness (QED) is 0.774. The Morgan fingerprint density at radius 2 is 2.15 bits per heavy atom. The number of rotatable bonds is 3. The molecule has 0 aliphatic carbocycles. The van der Waals surface area contributed by atoms with Crippen LogP contribution in [0.5, 0.6) is 5.75 Å². The fraction of sp³-hybridized carbons (Fsp3) is 0.500. The van der Waals surface area contributed by atoms with E-state index in [0.717, 1.165) is 11.6 Å². The Kier molecular flexibility index (Phi) is 3.12. The second kappa shape index (κ2) is 4.12. The first-order chi connectivity index (χ1) is 6.19. The van der Waals surface area contributed by atoms with Crippen LogP contribution in [-0.4, -0.2) is 19.1 Å². The monoisotopic (exact) mass is 180 g/mol. The predicted octanol–water partition coefficient (Wildman–Crippen LogP) is 2.26. The molecule has 0 aliphatic heterocycles. The highest BCUT2D eigenvalue weighted by atomic mass is 16.5. The second-order valence-corrected chi connectivity index (χ2v) is 3.22. The van der Waals surface area contributed by atoms with E-state index in [4.69, 9.17) is 4.74 Å². The zero-order chi connectivity index (χ0) is 9.84. The summed E-state index contributed by atoms with van der Waals surface area (Å²) in [7, 11) is 3.49. The van der Waals surface area contributed by atoms with Gasteiger partial charge in [-0.2, -0.15) is 0 Å². The number of anilines is 1. The summed E-state index contributed by atoms with van der Waals surface area (Å²) in [6.07, 6.45) is 1.87. The van der Waals surface area contributed by atoms with E-state index < -0.39 is 0 Å². The maximum atomic E-state index is 5.20. The first-order valence-corrected chi connectivity index (χ1v) is 4.40. The van der Waals surface area contributed by atoms with Gasteiger partial charge in [-0.15, -0.1) is 0 Å². The third kappa shape index (κ3) is 2.11. The molecule has 1 heterocycles. The molecule has 0 bridgehead atoms. The van der Waals surface area contributed by atoms with E-state index in [1.165, 1.54) is 5.56 Å². The lowest BCUT2D eigenvalue weighted by atomic mass is 10.1. The molecule has 0 fully saturated rings. The minimum atomic E-state index is 0.479. The van der Waals surface area contributed by atoms with Crippen LogP contribution in [0.3, 0.4) is 0 Å². The number of aromatic nitrogens is 1. The molecule has 13 heavy (non-hydrogen) atoms. The van der Waals surface area contributed by atoms with Crippen molar-refractivity contribution in [2.24, 2.45) is 0 Å². The average molecular weight is 180 g/mol. The molecule has 3 nitrogen and oxygen atoms in total. The first-order valence-electron chi connectivity index (χ1n) is 4.40. The molecular formula is C10H16N2O. The summed E-state index contributed by atoms with van der Waals surface area (Å²) < 4.78 is 5.20. The summed E-state index contributed by atoms with van der Waals surface area (Å²) in [4.78, 5) is 4.25. The largest absolute Gasteiger partial charge is 0.493 e. The fourth-order valence-electron chi connectivity index (χ4n) is 1.12. The molecule has 0 aliphatic rings. The lowest BCUT2D eigenvalue weighted by molar-refractivity contribution is 0.414. The van der Waals surface area contributed by atoms with Crippen LogP contribution in [0.25, 0.3) is 0 Å². The highest BCUT2D eigenvalue weighted by molar-refractivity contribution is 5.50. The van der Waals surface area contributed by atoms with Crippen molar-refractivity contribution in [3.05, 3.63) is 17.8 Å². The molecule has 0 amide bonds. The molecule has 0 saturated carbocycles. The van der Waals surface area contributed by atoms with Crippen molar-refractivity contribution in [3.63, 3.8) is 0 Å². The molecule has 0 aromatic carbocycles. The smallest absolute Gasteiger partial charge is 0.168 e. The number of ether oxygens (including phenoxy) is 1. The van der Waals surface area contributed by atoms with Gasteiger partial charge in [0.25, 0.3) is 0 Å². The molecule has 1 aromatic rings. The van der Waals surface area contributed by atoms with Gasteiger partial charge in [0.05, 0.1) is 7.11 Å². The Bertz CT molecular complexity index is 284. The molecule has 1 rings (SSSR count). The van der Waals surface area contributed by atoms with Gasteiger partial charge in [0.2, 0.25) is 0 Å². The Hall–Kier alpha value is -1.25. The molecule has 1 N–H and O–H groups in total. The van der Waals surface area contributed by atoms with E-state index in [-0.39, 0.29) is 0 Å². The van der Waals surface area contributed by atoms with E-state index in [1.807, 2.05) is 19.3 Å². The van der Waals surface area contributed by atoms with Crippen LogP contribution in [0.15, 0.2) is 12.3 Å². The minimum absolute atomic E-state index is 0.479. The number of hydrogen-bond acceptors (Lipinski definition) is 3. The van der Waals surface area contributed by atoms with Gasteiger partial charge in [-0.1, -0.05) is 13.8 Å². The van der Waals surface area contributed by atoms with E-state index in [0.29, 0.717) is 5.92 Å². The van der Waals surface area contributed by atoms with Crippen molar-refractivity contribution < 1.29 is 4.74 Å². The van der Waals surface area contributed by atoms with Gasteiger partial charge in [-0.3, -0.25) is 0 Å².